The first-order valence-electron chi connectivity index (χ1n) is 9.52. The molecule has 0 aliphatic carbocycles. The van der Waals surface area contributed by atoms with Crippen molar-refractivity contribution in [2.45, 2.75) is 25.4 Å². The number of halogens is 1. The van der Waals surface area contributed by atoms with E-state index in [0.717, 1.165) is 5.56 Å². The summed E-state index contributed by atoms with van der Waals surface area (Å²) in [5.74, 6) is -0.432. The van der Waals surface area contributed by atoms with Gasteiger partial charge in [0.15, 0.2) is 0 Å². The van der Waals surface area contributed by atoms with E-state index in [1.807, 2.05) is 36.1 Å². The van der Waals surface area contributed by atoms with Gasteiger partial charge in [-0.2, -0.15) is 0 Å². The molecule has 2 aromatic rings. The number of hydrogen-bond donors (Lipinski definition) is 0. The van der Waals surface area contributed by atoms with Gasteiger partial charge in [-0.15, -0.1) is 0 Å². The van der Waals surface area contributed by atoms with Gasteiger partial charge in [-0.1, -0.05) is 17.7 Å². The molecule has 146 valence electrons. The number of ether oxygens (including phenoxy) is 1. The summed E-state index contributed by atoms with van der Waals surface area (Å²) in [7, 11) is 0. The van der Waals surface area contributed by atoms with Gasteiger partial charge in [-0.25, -0.2) is 4.39 Å². The topological polar surface area (TPSA) is 49.9 Å². The number of likely N-dealkylation sites (tertiary alicyclic amines) is 1. The van der Waals surface area contributed by atoms with Gasteiger partial charge in [0.05, 0.1) is 12.1 Å². The summed E-state index contributed by atoms with van der Waals surface area (Å²) in [5.41, 5.74) is 1.96. The predicted molar refractivity (Wildman–Crippen MR) is 104 cm³/mol. The number of carbonyl (C=O) groups is 2. The van der Waals surface area contributed by atoms with Crippen LogP contribution in [0.1, 0.15) is 28.8 Å². The summed E-state index contributed by atoms with van der Waals surface area (Å²) in [6.45, 7) is 3.56. The molecule has 2 amide bonds. The van der Waals surface area contributed by atoms with Crippen molar-refractivity contribution < 1.29 is 18.7 Å². The quantitative estimate of drug-likeness (QED) is 0.802. The van der Waals surface area contributed by atoms with Crippen LogP contribution >= 0.6 is 0 Å². The molecule has 2 saturated heterocycles. The second kappa shape index (κ2) is 7.36. The highest BCUT2D eigenvalue weighted by Gasteiger charge is 2.43. The van der Waals surface area contributed by atoms with E-state index in [1.54, 1.807) is 17.0 Å². The first-order valence-corrected chi connectivity index (χ1v) is 9.52. The number of amides is 2. The van der Waals surface area contributed by atoms with Crippen molar-refractivity contribution in [2.75, 3.05) is 31.1 Å². The molecule has 2 aliphatic heterocycles. The number of nitrogens with zero attached hydrogens (tertiary/aromatic N) is 2. The van der Waals surface area contributed by atoms with Gasteiger partial charge in [0.1, 0.15) is 12.4 Å². The average Bonchev–Trinajstić information content (AvgIpc) is 2.71. The Morgan fingerprint density at radius 3 is 2.50 bits per heavy atom. The summed E-state index contributed by atoms with van der Waals surface area (Å²) in [4.78, 5) is 28.6. The second-order valence-corrected chi connectivity index (χ2v) is 7.59. The second-order valence-electron chi connectivity index (χ2n) is 7.59. The van der Waals surface area contributed by atoms with Crippen LogP contribution in [0.2, 0.25) is 0 Å². The molecule has 0 bridgehead atoms. The van der Waals surface area contributed by atoms with Crippen molar-refractivity contribution in [1.29, 1.82) is 0 Å². The van der Waals surface area contributed by atoms with E-state index in [1.165, 1.54) is 12.1 Å². The van der Waals surface area contributed by atoms with Gasteiger partial charge in [-0.3, -0.25) is 9.59 Å². The van der Waals surface area contributed by atoms with Crippen LogP contribution in [0.15, 0.2) is 48.5 Å². The van der Waals surface area contributed by atoms with Gasteiger partial charge < -0.3 is 14.5 Å². The number of carbonyl (C=O) groups excluding carboxylic acids is 2. The molecule has 2 aromatic carbocycles. The molecule has 5 nitrogen and oxygen atoms in total. The van der Waals surface area contributed by atoms with E-state index in [-0.39, 0.29) is 24.2 Å². The Morgan fingerprint density at radius 2 is 1.82 bits per heavy atom. The van der Waals surface area contributed by atoms with Crippen molar-refractivity contribution in [3.8, 4) is 0 Å². The highest BCUT2D eigenvalue weighted by atomic mass is 19.1. The van der Waals surface area contributed by atoms with E-state index < -0.39 is 5.60 Å². The minimum Gasteiger partial charge on any atom is -0.363 e. The first kappa shape index (κ1) is 18.6. The monoisotopic (exact) mass is 382 g/mol. The van der Waals surface area contributed by atoms with Gasteiger partial charge in [0.2, 0.25) is 0 Å². The van der Waals surface area contributed by atoms with E-state index >= 15 is 0 Å². The summed E-state index contributed by atoms with van der Waals surface area (Å²) in [6.07, 6.45) is 1.32. The number of hydrogen-bond acceptors (Lipinski definition) is 3. The van der Waals surface area contributed by atoms with Gasteiger partial charge >= 0.3 is 0 Å². The van der Waals surface area contributed by atoms with Gasteiger partial charge in [-0.05, 0) is 56.2 Å². The lowest BCUT2D eigenvalue weighted by molar-refractivity contribution is -0.143. The fourth-order valence-corrected chi connectivity index (χ4v) is 3.95. The smallest absolute Gasteiger partial charge is 0.253 e. The summed E-state index contributed by atoms with van der Waals surface area (Å²) in [6, 6.07) is 13.5. The first-order chi connectivity index (χ1) is 13.5. The molecule has 0 atom stereocenters. The molecular formula is C22H23FN2O3. The zero-order valence-electron chi connectivity index (χ0n) is 15.9. The van der Waals surface area contributed by atoms with Crippen LogP contribution in [0, 0.1) is 12.7 Å². The molecule has 2 fully saturated rings. The number of rotatable bonds is 2. The van der Waals surface area contributed by atoms with E-state index in [9.17, 15) is 14.0 Å². The Bertz CT molecular complexity index is 889. The number of piperidine rings is 1. The zero-order valence-corrected chi connectivity index (χ0v) is 15.9. The molecule has 0 radical (unpaired) electrons. The summed E-state index contributed by atoms with van der Waals surface area (Å²) >= 11 is 0. The maximum atomic E-state index is 13.2. The fourth-order valence-electron chi connectivity index (χ4n) is 3.95. The van der Waals surface area contributed by atoms with Crippen molar-refractivity contribution >= 4 is 17.5 Å². The molecular weight excluding hydrogens is 359 g/mol. The van der Waals surface area contributed by atoms with Crippen LogP contribution in [0.5, 0.6) is 0 Å². The zero-order chi connectivity index (χ0) is 19.7. The molecule has 2 heterocycles. The fraction of sp³-hybridized carbons (Fsp3) is 0.364. The lowest BCUT2D eigenvalue weighted by atomic mass is 9.88. The summed E-state index contributed by atoms with van der Waals surface area (Å²) < 4.78 is 19.2. The molecule has 6 heteroatoms. The van der Waals surface area contributed by atoms with Crippen molar-refractivity contribution in [1.82, 2.24) is 4.90 Å². The SMILES string of the molecule is Cc1cccc(C(=O)N2CCC3(CC2)CN(c2ccc(F)cc2)C(=O)CO3)c1. The molecule has 0 saturated carbocycles. The van der Waals surface area contributed by atoms with Crippen LogP contribution in [-0.2, 0) is 9.53 Å². The molecule has 28 heavy (non-hydrogen) atoms. The van der Waals surface area contributed by atoms with Crippen molar-refractivity contribution in [3.63, 3.8) is 0 Å². The Morgan fingerprint density at radius 1 is 1.11 bits per heavy atom. The minimum atomic E-state index is -0.467. The predicted octanol–water partition coefficient (Wildman–Crippen LogP) is 3.17. The lowest BCUT2D eigenvalue weighted by Crippen LogP contribution is -2.59. The molecule has 4 rings (SSSR count). The maximum absolute atomic E-state index is 13.2. The number of aryl methyl sites for hydroxylation is 1. The highest BCUT2D eigenvalue weighted by Crippen LogP contribution is 2.33. The van der Waals surface area contributed by atoms with E-state index in [0.29, 0.717) is 43.7 Å². The molecule has 1 spiro atoms. The highest BCUT2D eigenvalue weighted by molar-refractivity contribution is 5.95. The lowest BCUT2D eigenvalue weighted by Gasteiger charge is -2.47. The van der Waals surface area contributed by atoms with Gasteiger partial charge in [0.25, 0.3) is 11.8 Å². The Kier molecular flexibility index (Phi) is 4.89. The standard InChI is InChI=1S/C22H23FN2O3/c1-16-3-2-4-17(13-16)21(27)24-11-9-22(10-12-24)15-25(20(26)14-28-22)19-7-5-18(23)6-8-19/h2-8,13H,9-12,14-15H2,1H3. The molecule has 0 aromatic heterocycles. The third-order valence-corrected chi connectivity index (χ3v) is 5.61. The maximum Gasteiger partial charge on any atom is 0.253 e. The Labute approximate surface area is 163 Å². The van der Waals surface area contributed by atoms with Crippen molar-refractivity contribution in [2.24, 2.45) is 0 Å². The Hall–Kier alpha value is -2.73. The molecule has 0 N–H and O–H groups in total. The number of benzene rings is 2. The number of anilines is 1. The van der Waals surface area contributed by atoms with Crippen LogP contribution in [0.25, 0.3) is 0 Å². The van der Waals surface area contributed by atoms with Crippen LogP contribution in [0.3, 0.4) is 0 Å². The van der Waals surface area contributed by atoms with Crippen LogP contribution < -0.4 is 4.90 Å². The van der Waals surface area contributed by atoms with E-state index in [4.69, 9.17) is 4.74 Å². The normalized spacial score (nSPS) is 19.1. The minimum absolute atomic E-state index is 0.00318. The molecule has 2 aliphatic rings. The van der Waals surface area contributed by atoms with E-state index in [2.05, 4.69) is 0 Å². The van der Waals surface area contributed by atoms with Crippen LogP contribution in [0.4, 0.5) is 10.1 Å². The molecule has 0 unspecified atom stereocenters. The largest absolute Gasteiger partial charge is 0.363 e. The average molecular weight is 382 g/mol. The summed E-state index contributed by atoms with van der Waals surface area (Å²) in [5, 5.41) is 0. The van der Waals surface area contributed by atoms with Crippen LogP contribution in [-0.4, -0.2) is 48.6 Å². The van der Waals surface area contributed by atoms with Crippen molar-refractivity contribution in [3.05, 3.63) is 65.5 Å². The van der Waals surface area contributed by atoms with Gasteiger partial charge in [0, 0.05) is 24.3 Å². The third-order valence-electron chi connectivity index (χ3n) is 5.61. The third kappa shape index (κ3) is 3.64. The number of morpholine rings is 1. The Balaban J connectivity index is 1.45.